The third-order valence-corrected chi connectivity index (χ3v) is 6.81. The Balaban J connectivity index is 1.86. The van der Waals surface area contributed by atoms with Crippen molar-refractivity contribution in [3.05, 3.63) is 63.0 Å². The number of carbonyl (C=O) groups excluding carboxylic acids is 2. The molecule has 9 nitrogen and oxygen atoms in total. The highest BCUT2D eigenvalue weighted by Crippen LogP contribution is 2.49. The predicted octanol–water partition coefficient (Wildman–Crippen LogP) is 4.05. The van der Waals surface area contributed by atoms with Crippen molar-refractivity contribution >= 4 is 39.5 Å². The van der Waals surface area contributed by atoms with E-state index in [1.165, 1.54) is 19.1 Å². The van der Waals surface area contributed by atoms with E-state index >= 15 is 0 Å². The summed E-state index contributed by atoms with van der Waals surface area (Å²) in [6, 6.07) is 4.36. The SMILES string of the molecule is CC=CC1O[C@@]1(C)c1cc(=O)c2c(CC(=O)O)cc3cc4c(c(O)c3c2o1)C(=O)CCC4OC(C)=O. The van der Waals surface area contributed by atoms with Crippen LogP contribution in [0.5, 0.6) is 5.75 Å². The molecule has 2 N–H and O–H groups in total. The summed E-state index contributed by atoms with van der Waals surface area (Å²) in [6.45, 7) is 4.86. The lowest BCUT2D eigenvalue weighted by Gasteiger charge is -2.26. The van der Waals surface area contributed by atoms with Crippen molar-refractivity contribution in [3.8, 4) is 5.75 Å². The van der Waals surface area contributed by atoms with E-state index in [0.29, 0.717) is 10.9 Å². The fourth-order valence-electron chi connectivity index (χ4n) is 5.08. The van der Waals surface area contributed by atoms with Gasteiger partial charge >= 0.3 is 11.9 Å². The van der Waals surface area contributed by atoms with Crippen molar-refractivity contribution in [2.24, 2.45) is 0 Å². The number of carboxylic acids is 1. The number of esters is 1. The second-order valence-corrected chi connectivity index (χ2v) is 9.30. The molecule has 1 aliphatic heterocycles. The van der Waals surface area contributed by atoms with Gasteiger partial charge in [-0.1, -0.05) is 12.2 Å². The number of ketones is 1. The van der Waals surface area contributed by atoms with Gasteiger partial charge in [-0.3, -0.25) is 19.2 Å². The molecule has 3 aromatic rings. The normalized spacial score (nSPS) is 23.2. The molecule has 1 saturated heterocycles. The smallest absolute Gasteiger partial charge is 0.307 e. The second kappa shape index (κ2) is 8.30. The third-order valence-electron chi connectivity index (χ3n) is 6.81. The van der Waals surface area contributed by atoms with Crippen molar-refractivity contribution < 1.29 is 38.5 Å². The minimum Gasteiger partial charge on any atom is -0.506 e. The molecule has 0 spiro atoms. The van der Waals surface area contributed by atoms with Gasteiger partial charge in [0.1, 0.15) is 29.3 Å². The number of fused-ring (bicyclic) bond motifs is 4. The molecule has 0 saturated carbocycles. The largest absolute Gasteiger partial charge is 0.506 e. The maximum atomic E-state index is 13.3. The van der Waals surface area contributed by atoms with Crippen LogP contribution < -0.4 is 5.43 Å². The molecule has 5 rings (SSSR count). The van der Waals surface area contributed by atoms with Gasteiger partial charge in [-0.05, 0) is 43.4 Å². The fraction of sp³-hybridized carbons (Fsp3) is 0.333. The predicted molar refractivity (Wildman–Crippen MR) is 128 cm³/mol. The van der Waals surface area contributed by atoms with Crippen LogP contribution in [0.25, 0.3) is 21.7 Å². The zero-order valence-corrected chi connectivity index (χ0v) is 19.9. The summed E-state index contributed by atoms with van der Waals surface area (Å²) < 4.78 is 17.3. The maximum Gasteiger partial charge on any atom is 0.307 e. The molecule has 1 fully saturated rings. The van der Waals surface area contributed by atoms with E-state index in [1.807, 2.05) is 19.1 Å². The van der Waals surface area contributed by atoms with Crippen LogP contribution in [0, 0.1) is 0 Å². The number of ether oxygens (including phenoxy) is 2. The lowest BCUT2D eigenvalue weighted by molar-refractivity contribution is -0.147. The number of hydrogen-bond donors (Lipinski definition) is 2. The number of Topliss-reactive ketones (excluding diaryl/α,β-unsaturated/α-hetero) is 1. The van der Waals surface area contributed by atoms with E-state index in [4.69, 9.17) is 13.9 Å². The van der Waals surface area contributed by atoms with Gasteiger partial charge in [-0.2, -0.15) is 0 Å². The first-order valence-corrected chi connectivity index (χ1v) is 11.6. The Kier molecular flexibility index (Phi) is 5.48. The monoisotopic (exact) mass is 492 g/mol. The Morgan fingerprint density at radius 2 is 1.97 bits per heavy atom. The molecular weight excluding hydrogens is 468 g/mol. The standard InChI is InChI=1S/C27H24O9/c1-4-5-19-27(3,36-19)20-11-17(30)22-14(10-21(31)32)8-13-9-15-18(34-12(2)28)7-6-16(29)24(15)25(33)23(13)26(22)35-20/h4-5,8-9,11,18-19,33H,6-7,10H2,1-3H3,(H,31,32)/t18?,19?,27-/m1/s1. The number of carbonyl (C=O) groups is 3. The summed E-state index contributed by atoms with van der Waals surface area (Å²) in [5.74, 6) is -2.20. The number of aromatic hydroxyl groups is 1. The lowest BCUT2D eigenvalue weighted by atomic mass is 9.84. The molecule has 2 aliphatic rings. The molecule has 9 heteroatoms. The molecule has 2 unspecified atom stereocenters. The summed E-state index contributed by atoms with van der Waals surface area (Å²) in [4.78, 5) is 49.4. The van der Waals surface area contributed by atoms with E-state index in [0.717, 1.165) is 0 Å². The van der Waals surface area contributed by atoms with Gasteiger partial charge in [0, 0.05) is 25.0 Å². The molecule has 2 heterocycles. The van der Waals surface area contributed by atoms with E-state index in [9.17, 15) is 29.4 Å². The zero-order chi connectivity index (χ0) is 25.9. The quantitative estimate of drug-likeness (QED) is 0.233. The number of phenols is 1. The Morgan fingerprint density at radius 3 is 2.64 bits per heavy atom. The molecule has 186 valence electrons. The third kappa shape index (κ3) is 3.67. The fourth-order valence-corrected chi connectivity index (χ4v) is 5.08. The van der Waals surface area contributed by atoms with Crippen LogP contribution in [0.1, 0.15) is 67.0 Å². The molecule has 2 aromatic carbocycles. The van der Waals surface area contributed by atoms with Gasteiger partial charge in [0.15, 0.2) is 16.8 Å². The van der Waals surface area contributed by atoms with E-state index < -0.39 is 41.2 Å². The molecule has 0 bridgehead atoms. The van der Waals surface area contributed by atoms with Gasteiger partial charge in [0.2, 0.25) is 0 Å². The molecule has 3 atom stereocenters. The summed E-state index contributed by atoms with van der Waals surface area (Å²) in [7, 11) is 0. The van der Waals surface area contributed by atoms with Crippen LogP contribution in [0.4, 0.5) is 0 Å². The van der Waals surface area contributed by atoms with Gasteiger partial charge < -0.3 is 24.1 Å². The highest BCUT2D eigenvalue weighted by Gasteiger charge is 2.54. The number of aliphatic carboxylic acids is 1. The second-order valence-electron chi connectivity index (χ2n) is 9.30. The Morgan fingerprint density at radius 1 is 1.22 bits per heavy atom. The summed E-state index contributed by atoms with van der Waals surface area (Å²) >= 11 is 0. The Bertz CT molecular complexity index is 1560. The molecule has 0 amide bonds. The maximum absolute atomic E-state index is 13.3. The van der Waals surface area contributed by atoms with Crippen LogP contribution in [-0.2, 0) is 31.1 Å². The minimum atomic E-state index is -1.15. The van der Waals surface area contributed by atoms with Crippen LogP contribution in [-0.4, -0.2) is 34.0 Å². The molecule has 1 aromatic heterocycles. The summed E-state index contributed by atoms with van der Waals surface area (Å²) in [6.07, 6.45) is 2.43. The van der Waals surface area contributed by atoms with Crippen LogP contribution >= 0.6 is 0 Å². The molecule has 0 radical (unpaired) electrons. The number of epoxide rings is 1. The summed E-state index contributed by atoms with van der Waals surface area (Å²) in [5.41, 5.74) is -0.888. The molecule has 36 heavy (non-hydrogen) atoms. The number of allylic oxidation sites excluding steroid dienone is 1. The number of rotatable bonds is 5. The lowest BCUT2D eigenvalue weighted by Crippen LogP contribution is -2.20. The number of benzene rings is 2. The first-order valence-electron chi connectivity index (χ1n) is 11.6. The van der Waals surface area contributed by atoms with Crippen molar-refractivity contribution in [2.75, 3.05) is 0 Å². The Hall–Kier alpha value is -3.98. The van der Waals surface area contributed by atoms with E-state index in [-0.39, 0.29) is 58.0 Å². The molecule has 1 aliphatic carbocycles. The van der Waals surface area contributed by atoms with Crippen molar-refractivity contribution in [3.63, 3.8) is 0 Å². The zero-order valence-electron chi connectivity index (χ0n) is 19.9. The minimum absolute atomic E-state index is 0.000938. The van der Waals surface area contributed by atoms with Crippen molar-refractivity contribution in [1.82, 2.24) is 0 Å². The van der Waals surface area contributed by atoms with Gasteiger partial charge in [-0.25, -0.2) is 0 Å². The van der Waals surface area contributed by atoms with Gasteiger partial charge in [-0.15, -0.1) is 0 Å². The number of hydrogen-bond acceptors (Lipinski definition) is 8. The number of carboxylic acid groups (broad SMARTS) is 1. The first kappa shape index (κ1) is 23.7. The van der Waals surface area contributed by atoms with E-state index in [2.05, 4.69) is 0 Å². The van der Waals surface area contributed by atoms with E-state index in [1.54, 1.807) is 13.0 Å². The van der Waals surface area contributed by atoms with Crippen LogP contribution in [0.15, 0.2) is 39.6 Å². The Labute approximate surface area is 204 Å². The van der Waals surface area contributed by atoms with Crippen LogP contribution in [0.3, 0.4) is 0 Å². The highest BCUT2D eigenvalue weighted by molar-refractivity contribution is 6.15. The summed E-state index contributed by atoms with van der Waals surface area (Å²) in [5, 5.41) is 21.3. The van der Waals surface area contributed by atoms with Crippen molar-refractivity contribution in [1.29, 1.82) is 0 Å². The topological polar surface area (TPSA) is 144 Å². The average Bonchev–Trinajstić information content (AvgIpc) is 3.45. The average molecular weight is 492 g/mol. The van der Waals surface area contributed by atoms with Gasteiger partial charge in [0.05, 0.1) is 22.8 Å². The first-order chi connectivity index (χ1) is 17.0. The van der Waals surface area contributed by atoms with Gasteiger partial charge in [0.25, 0.3) is 0 Å². The van der Waals surface area contributed by atoms with Crippen molar-refractivity contribution in [2.45, 2.75) is 57.8 Å². The highest BCUT2D eigenvalue weighted by atomic mass is 16.6. The van der Waals surface area contributed by atoms with Crippen LogP contribution in [0.2, 0.25) is 0 Å². The molecular formula is C27H24O9. The number of phenolic OH excluding ortho intramolecular Hbond substituents is 1.